The molecule has 2 amide bonds. The van der Waals surface area contributed by atoms with Crippen LogP contribution < -0.4 is 11.1 Å². The maximum absolute atomic E-state index is 14.0. The first-order valence-electron chi connectivity index (χ1n) is 13.4. The largest absolute Gasteiger partial charge is 0.452 e. The minimum absolute atomic E-state index is 0.0748. The summed E-state index contributed by atoms with van der Waals surface area (Å²) in [5.74, 6) is -0.927. The number of ether oxygens (including phenoxy) is 1. The van der Waals surface area contributed by atoms with Crippen molar-refractivity contribution in [3.8, 4) is 0 Å². The molecule has 2 fully saturated rings. The third-order valence-electron chi connectivity index (χ3n) is 7.06. The second kappa shape index (κ2) is 12.8. The minimum Gasteiger partial charge on any atom is -0.452 e. The van der Waals surface area contributed by atoms with Gasteiger partial charge in [-0.1, -0.05) is 84.9 Å². The van der Waals surface area contributed by atoms with E-state index in [0.29, 0.717) is 5.75 Å². The van der Waals surface area contributed by atoms with Crippen molar-refractivity contribution in [2.24, 2.45) is 10.6 Å². The molecule has 42 heavy (non-hydrogen) atoms. The fourth-order valence-corrected chi connectivity index (χ4v) is 7.00. The number of fused-ring (bicyclic) bond motifs is 1. The first-order chi connectivity index (χ1) is 20.4. The number of anilines is 1. The highest BCUT2D eigenvalue weighted by Gasteiger charge is 2.57. The molecule has 0 aliphatic carbocycles. The van der Waals surface area contributed by atoms with Crippen LogP contribution in [0, 0.1) is 5.41 Å². The van der Waals surface area contributed by atoms with Crippen LogP contribution in [0.4, 0.5) is 5.13 Å². The molecule has 3 heterocycles. The van der Waals surface area contributed by atoms with Crippen molar-refractivity contribution < 1.29 is 24.0 Å². The van der Waals surface area contributed by atoms with Crippen LogP contribution in [0.2, 0.25) is 0 Å². The van der Waals surface area contributed by atoms with E-state index in [9.17, 15) is 14.4 Å². The van der Waals surface area contributed by atoms with Crippen molar-refractivity contribution in [2.45, 2.75) is 30.9 Å². The van der Waals surface area contributed by atoms with Gasteiger partial charge in [-0.3, -0.25) is 14.4 Å². The molecular formula is C30H31N5O5S2. The van der Waals surface area contributed by atoms with Crippen LogP contribution in [0.15, 0.2) is 83.4 Å². The number of aromatic nitrogens is 1. The second-order valence-electron chi connectivity index (χ2n) is 9.89. The van der Waals surface area contributed by atoms with Crippen LogP contribution in [-0.2, 0) is 24.0 Å². The zero-order valence-corrected chi connectivity index (χ0v) is 24.8. The average Bonchev–Trinajstić information content (AvgIpc) is 3.46. The summed E-state index contributed by atoms with van der Waals surface area (Å²) < 4.78 is 6.25. The topological polar surface area (TPSA) is 136 Å². The summed E-state index contributed by atoms with van der Waals surface area (Å²) in [5, 5.41) is 8.08. The van der Waals surface area contributed by atoms with Gasteiger partial charge in [-0.15, -0.1) is 23.1 Å². The molecule has 1 aromatic heterocycles. The number of thiazole rings is 1. The molecule has 5 rings (SSSR count). The average molecular weight is 606 g/mol. The number of carbonyl (C=O) groups is 3. The molecule has 0 saturated carbocycles. The van der Waals surface area contributed by atoms with Gasteiger partial charge in [-0.05, 0) is 17.5 Å². The molecule has 0 radical (unpaired) electrons. The zero-order valence-electron chi connectivity index (χ0n) is 23.1. The number of β-lactam (4-membered cyclic amide) rings is 1. The number of hydrogen-bond acceptors (Lipinski definition) is 10. The van der Waals surface area contributed by atoms with E-state index in [1.165, 1.54) is 18.9 Å². The molecule has 2 aromatic carbocycles. The number of nitrogens with two attached hydrogens (primary N) is 1. The minimum atomic E-state index is -1.05. The molecule has 0 spiro atoms. The summed E-state index contributed by atoms with van der Waals surface area (Å²) in [6.45, 7) is 2.13. The number of allylic oxidation sites excluding steroid dienone is 1. The van der Waals surface area contributed by atoms with Gasteiger partial charge in [-0.2, -0.15) is 0 Å². The fourth-order valence-electron chi connectivity index (χ4n) is 4.94. The van der Waals surface area contributed by atoms with E-state index in [0.717, 1.165) is 28.9 Å². The Morgan fingerprint density at radius 3 is 2.43 bits per heavy atom. The molecule has 3 aromatic rings. The Labute approximate surface area is 252 Å². The van der Waals surface area contributed by atoms with Crippen molar-refractivity contribution in [1.82, 2.24) is 15.2 Å². The SMILES string of the molecule is CCC=CC1(C(=O)OC(c2ccccc2)c2ccccc2)CS[C@@H]2C(NC(=O)C(=NOC)c3csc(N)n3)C(=O)N2C1. The highest BCUT2D eigenvalue weighted by atomic mass is 32.2. The summed E-state index contributed by atoms with van der Waals surface area (Å²) >= 11 is 2.59. The third-order valence-corrected chi connectivity index (χ3v) is 9.29. The Bertz CT molecular complexity index is 1460. The predicted molar refractivity (Wildman–Crippen MR) is 163 cm³/mol. The van der Waals surface area contributed by atoms with Crippen LogP contribution in [0.3, 0.4) is 0 Å². The Balaban J connectivity index is 1.34. The monoisotopic (exact) mass is 605 g/mol. The fraction of sp³-hybridized carbons (Fsp3) is 0.300. The molecule has 3 N–H and O–H groups in total. The van der Waals surface area contributed by atoms with Gasteiger partial charge >= 0.3 is 5.97 Å². The molecule has 2 saturated heterocycles. The van der Waals surface area contributed by atoms with Crippen molar-refractivity contribution in [2.75, 3.05) is 25.1 Å². The van der Waals surface area contributed by atoms with E-state index < -0.39 is 29.4 Å². The summed E-state index contributed by atoms with van der Waals surface area (Å²) in [6, 6.07) is 18.4. The van der Waals surface area contributed by atoms with Gasteiger partial charge in [0.1, 0.15) is 29.6 Å². The number of esters is 1. The highest BCUT2D eigenvalue weighted by Crippen LogP contribution is 2.44. The first-order valence-corrected chi connectivity index (χ1v) is 15.3. The Morgan fingerprint density at radius 2 is 1.86 bits per heavy atom. The summed E-state index contributed by atoms with van der Waals surface area (Å²) in [4.78, 5) is 50.9. The number of nitrogen functional groups attached to an aromatic ring is 1. The lowest BCUT2D eigenvalue weighted by molar-refractivity contribution is -0.162. The molecule has 12 heteroatoms. The van der Waals surface area contributed by atoms with Crippen LogP contribution in [0.1, 0.15) is 36.3 Å². The molecule has 2 unspecified atom stereocenters. The maximum atomic E-state index is 14.0. The van der Waals surface area contributed by atoms with Gasteiger partial charge in [0.05, 0.1) is 0 Å². The lowest BCUT2D eigenvalue weighted by atomic mass is 9.86. The van der Waals surface area contributed by atoms with Crippen LogP contribution in [0.5, 0.6) is 0 Å². The van der Waals surface area contributed by atoms with Gasteiger partial charge in [0, 0.05) is 17.7 Å². The lowest BCUT2D eigenvalue weighted by Gasteiger charge is -2.53. The Morgan fingerprint density at radius 1 is 1.19 bits per heavy atom. The number of nitrogens with zero attached hydrogens (tertiary/aromatic N) is 3. The van der Waals surface area contributed by atoms with E-state index in [-0.39, 0.29) is 34.4 Å². The zero-order chi connectivity index (χ0) is 29.7. The summed E-state index contributed by atoms with van der Waals surface area (Å²) in [6.07, 6.45) is 3.91. The Kier molecular flexibility index (Phi) is 8.93. The maximum Gasteiger partial charge on any atom is 0.319 e. The van der Waals surface area contributed by atoms with E-state index in [2.05, 4.69) is 15.5 Å². The van der Waals surface area contributed by atoms with E-state index in [4.69, 9.17) is 15.3 Å². The van der Waals surface area contributed by atoms with E-state index in [1.807, 2.05) is 79.7 Å². The molecule has 10 nitrogen and oxygen atoms in total. The quantitative estimate of drug-likeness (QED) is 0.117. The number of nitrogens with one attached hydrogen (secondary N) is 1. The predicted octanol–water partition coefficient (Wildman–Crippen LogP) is 3.76. The summed E-state index contributed by atoms with van der Waals surface area (Å²) in [5.41, 5.74) is 6.55. The number of thioether (sulfide) groups is 1. The van der Waals surface area contributed by atoms with Gasteiger partial charge in [-0.25, -0.2) is 4.98 Å². The molecular weight excluding hydrogens is 574 g/mol. The normalized spacial score (nSPS) is 22.0. The van der Waals surface area contributed by atoms with Crippen LogP contribution in [-0.4, -0.2) is 64.2 Å². The van der Waals surface area contributed by atoms with Crippen LogP contribution >= 0.6 is 23.1 Å². The van der Waals surface area contributed by atoms with Gasteiger partial charge in [0.2, 0.25) is 5.91 Å². The van der Waals surface area contributed by atoms with Crippen molar-refractivity contribution in [3.05, 3.63) is 95.0 Å². The van der Waals surface area contributed by atoms with Crippen molar-refractivity contribution in [3.63, 3.8) is 0 Å². The Hall–Kier alpha value is -4.16. The van der Waals surface area contributed by atoms with Gasteiger partial charge in [0.15, 0.2) is 16.9 Å². The number of amides is 2. The molecule has 2 aliphatic heterocycles. The number of hydrogen-bond donors (Lipinski definition) is 2. The van der Waals surface area contributed by atoms with E-state index >= 15 is 0 Å². The third kappa shape index (κ3) is 5.90. The molecule has 3 atom stereocenters. The number of rotatable bonds is 10. The van der Waals surface area contributed by atoms with Crippen molar-refractivity contribution >= 4 is 51.7 Å². The van der Waals surface area contributed by atoms with E-state index in [1.54, 1.807) is 10.3 Å². The standard InChI is InChI=1S/C30H31N5O5S2/c1-3-4-15-30(28(38)40-24(19-11-7-5-8-12-19)20-13-9-6-10-14-20)17-35-26(37)23(27(35)42-18-30)33-25(36)22(34-39-2)21-16-41-29(31)32-21/h4-16,23-24,27H,3,17-18H2,1-2H3,(H2,31,32)(H,33,36)/t23?,27-,30?/m1/s1. The lowest BCUT2D eigenvalue weighted by Crippen LogP contribution is -2.74. The first kappa shape index (κ1) is 29.3. The van der Waals surface area contributed by atoms with Gasteiger partial charge < -0.3 is 25.5 Å². The molecule has 218 valence electrons. The summed E-state index contributed by atoms with van der Waals surface area (Å²) in [7, 11) is 1.32. The smallest absolute Gasteiger partial charge is 0.319 e. The molecule has 0 bridgehead atoms. The number of oxime groups is 1. The van der Waals surface area contributed by atoms with Crippen molar-refractivity contribution in [1.29, 1.82) is 0 Å². The highest BCUT2D eigenvalue weighted by molar-refractivity contribution is 8.00. The van der Waals surface area contributed by atoms with Crippen LogP contribution in [0.25, 0.3) is 0 Å². The number of carbonyl (C=O) groups excluding carboxylic acids is 3. The molecule has 2 aliphatic rings. The number of benzene rings is 2. The van der Waals surface area contributed by atoms with Gasteiger partial charge in [0.25, 0.3) is 5.91 Å². The second-order valence-corrected chi connectivity index (χ2v) is 11.9.